The molecule has 2 aromatic carbocycles. The highest BCUT2D eigenvalue weighted by atomic mass is 35.5. The van der Waals surface area contributed by atoms with Gasteiger partial charge in [0.05, 0.1) is 11.4 Å². The van der Waals surface area contributed by atoms with Crippen LogP contribution in [0.15, 0.2) is 42.5 Å². The number of halogens is 2. The van der Waals surface area contributed by atoms with Gasteiger partial charge in [-0.2, -0.15) is 0 Å². The lowest BCUT2D eigenvalue weighted by Gasteiger charge is -2.14. The van der Waals surface area contributed by atoms with Crippen LogP contribution in [0.2, 0.25) is 10.0 Å². The number of benzene rings is 2. The van der Waals surface area contributed by atoms with Gasteiger partial charge in [0.15, 0.2) is 0 Å². The predicted octanol–water partition coefficient (Wildman–Crippen LogP) is 4.53. The van der Waals surface area contributed by atoms with Crippen molar-refractivity contribution in [2.45, 2.75) is 6.17 Å². The molecule has 0 fully saturated rings. The van der Waals surface area contributed by atoms with Crippen LogP contribution in [0.4, 0.5) is 11.4 Å². The molecule has 2 N–H and O–H groups in total. The van der Waals surface area contributed by atoms with Gasteiger partial charge in [0.1, 0.15) is 6.17 Å². The third-order valence-corrected chi connectivity index (χ3v) is 3.36. The molecule has 0 saturated heterocycles. The smallest absolute Gasteiger partial charge is 0.125 e. The van der Waals surface area contributed by atoms with Crippen LogP contribution in [0.25, 0.3) is 0 Å². The molecule has 86 valence electrons. The van der Waals surface area contributed by atoms with Gasteiger partial charge in [0.2, 0.25) is 0 Å². The molecule has 4 heteroatoms. The summed E-state index contributed by atoms with van der Waals surface area (Å²) in [5, 5.41) is 8.05. The average Bonchev–Trinajstić information content (AvgIpc) is 2.72. The Balaban J connectivity index is 1.94. The molecule has 0 aliphatic carbocycles. The van der Waals surface area contributed by atoms with E-state index in [0.29, 0.717) is 10.0 Å². The molecule has 17 heavy (non-hydrogen) atoms. The standard InChI is InChI=1S/C13H10Cl2N2/c14-8-5-6-9(10(15)7-8)13-16-11-3-1-2-4-12(11)17-13/h1-7,13,16-17H. The summed E-state index contributed by atoms with van der Waals surface area (Å²) in [6.45, 7) is 0. The second-order valence-corrected chi connectivity index (χ2v) is 4.78. The van der Waals surface area contributed by atoms with Gasteiger partial charge in [-0.25, -0.2) is 0 Å². The van der Waals surface area contributed by atoms with Crippen LogP contribution in [0, 0.1) is 0 Å². The zero-order valence-electron chi connectivity index (χ0n) is 8.87. The minimum absolute atomic E-state index is 0.00262. The third kappa shape index (κ3) is 1.94. The highest BCUT2D eigenvalue weighted by Crippen LogP contribution is 2.37. The van der Waals surface area contributed by atoms with E-state index in [1.807, 2.05) is 36.4 Å². The topological polar surface area (TPSA) is 24.1 Å². The van der Waals surface area contributed by atoms with Gasteiger partial charge in [0, 0.05) is 15.6 Å². The quantitative estimate of drug-likeness (QED) is 0.791. The summed E-state index contributed by atoms with van der Waals surface area (Å²) in [7, 11) is 0. The SMILES string of the molecule is Clc1ccc(C2Nc3ccccc3N2)c(Cl)c1. The molecule has 0 spiro atoms. The summed E-state index contributed by atoms with van der Waals surface area (Å²) >= 11 is 12.1. The average molecular weight is 265 g/mol. The molecule has 2 nitrogen and oxygen atoms in total. The Kier molecular flexibility index (Phi) is 2.61. The molecule has 1 aliphatic rings. The van der Waals surface area contributed by atoms with E-state index in [1.54, 1.807) is 6.07 Å². The normalized spacial score (nSPS) is 14.0. The van der Waals surface area contributed by atoms with Gasteiger partial charge in [-0.05, 0) is 24.3 Å². The number of fused-ring (bicyclic) bond motifs is 1. The van der Waals surface area contributed by atoms with Gasteiger partial charge in [0.25, 0.3) is 0 Å². The van der Waals surface area contributed by atoms with Crippen molar-refractivity contribution in [2.75, 3.05) is 10.6 Å². The minimum Gasteiger partial charge on any atom is -0.360 e. The maximum Gasteiger partial charge on any atom is 0.125 e. The Morgan fingerprint density at radius 2 is 1.53 bits per heavy atom. The van der Waals surface area contributed by atoms with Crippen molar-refractivity contribution in [1.82, 2.24) is 0 Å². The van der Waals surface area contributed by atoms with Gasteiger partial charge in [-0.1, -0.05) is 41.4 Å². The predicted molar refractivity (Wildman–Crippen MR) is 72.9 cm³/mol. The largest absolute Gasteiger partial charge is 0.360 e. The van der Waals surface area contributed by atoms with Crippen molar-refractivity contribution >= 4 is 34.6 Å². The molecule has 0 unspecified atom stereocenters. The molecule has 0 bridgehead atoms. The molecule has 1 aliphatic heterocycles. The Hall–Kier alpha value is -1.38. The molecule has 0 amide bonds. The number of hydrogen-bond acceptors (Lipinski definition) is 2. The van der Waals surface area contributed by atoms with Crippen molar-refractivity contribution in [3.8, 4) is 0 Å². The number of hydrogen-bond donors (Lipinski definition) is 2. The summed E-state index contributed by atoms with van der Waals surface area (Å²) in [5.41, 5.74) is 3.17. The number of anilines is 2. The lowest BCUT2D eigenvalue weighted by atomic mass is 10.2. The number of nitrogens with one attached hydrogen (secondary N) is 2. The molecule has 0 aromatic heterocycles. The molecular weight excluding hydrogens is 255 g/mol. The van der Waals surface area contributed by atoms with Crippen LogP contribution in [-0.4, -0.2) is 0 Å². The van der Waals surface area contributed by atoms with Crippen LogP contribution in [0.1, 0.15) is 11.7 Å². The molecule has 0 saturated carbocycles. The first kappa shape index (κ1) is 10.8. The first-order valence-corrected chi connectivity index (χ1v) is 6.07. The summed E-state index contributed by atoms with van der Waals surface area (Å²) in [6.07, 6.45) is -0.00262. The van der Waals surface area contributed by atoms with E-state index in [4.69, 9.17) is 23.2 Å². The zero-order chi connectivity index (χ0) is 11.8. The third-order valence-electron chi connectivity index (χ3n) is 2.80. The summed E-state index contributed by atoms with van der Waals surface area (Å²) < 4.78 is 0. The van der Waals surface area contributed by atoms with Crippen molar-refractivity contribution < 1.29 is 0 Å². The number of rotatable bonds is 1. The van der Waals surface area contributed by atoms with Gasteiger partial charge >= 0.3 is 0 Å². The first-order chi connectivity index (χ1) is 8.24. The Morgan fingerprint density at radius 1 is 0.882 bits per heavy atom. The van der Waals surface area contributed by atoms with E-state index in [2.05, 4.69) is 10.6 Å². The van der Waals surface area contributed by atoms with E-state index in [-0.39, 0.29) is 6.17 Å². The molecule has 0 atom stereocenters. The molecule has 0 radical (unpaired) electrons. The Bertz CT molecular complexity index is 544. The Morgan fingerprint density at radius 3 is 2.12 bits per heavy atom. The first-order valence-electron chi connectivity index (χ1n) is 5.31. The van der Waals surface area contributed by atoms with E-state index in [1.165, 1.54) is 0 Å². The second kappa shape index (κ2) is 4.13. The summed E-state index contributed by atoms with van der Waals surface area (Å²) in [5.74, 6) is 0. The van der Waals surface area contributed by atoms with Crippen LogP contribution in [0.3, 0.4) is 0 Å². The molecule has 3 rings (SSSR count). The molecule has 1 heterocycles. The van der Waals surface area contributed by atoms with E-state index >= 15 is 0 Å². The zero-order valence-corrected chi connectivity index (χ0v) is 10.4. The van der Waals surface area contributed by atoms with Crippen LogP contribution in [0.5, 0.6) is 0 Å². The van der Waals surface area contributed by atoms with Gasteiger partial charge in [-0.3, -0.25) is 0 Å². The van der Waals surface area contributed by atoms with Crippen LogP contribution < -0.4 is 10.6 Å². The van der Waals surface area contributed by atoms with Crippen molar-refractivity contribution in [1.29, 1.82) is 0 Å². The highest BCUT2D eigenvalue weighted by Gasteiger charge is 2.22. The monoisotopic (exact) mass is 264 g/mol. The van der Waals surface area contributed by atoms with Gasteiger partial charge < -0.3 is 10.6 Å². The van der Waals surface area contributed by atoms with E-state index in [0.717, 1.165) is 16.9 Å². The van der Waals surface area contributed by atoms with E-state index in [9.17, 15) is 0 Å². The fourth-order valence-corrected chi connectivity index (χ4v) is 2.49. The fourth-order valence-electron chi connectivity index (χ4n) is 1.97. The summed E-state index contributed by atoms with van der Waals surface area (Å²) in [6, 6.07) is 13.6. The molecular formula is C13H10Cl2N2. The van der Waals surface area contributed by atoms with E-state index < -0.39 is 0 Å². The van der Waals surface area contributed by atoms with Crippen molar-refractivity contribution in [3.05, 3.63) is 58.1 Å². The molecule has 2 aromatic rings. The maximum atomic E-state index is 6.19. The van der Waals surface area contributed by atoms with Crippen molar-refractivity contribution in [3.63, 3.8) is 0 Å². The maximum absolute atomic E-state index is 6.19. The second-order valence-electron chi connectivity index (χ2n) is 3.93. The fraction of sp³-hybridized carbons (Fsp3) is 0.0769. The number of para-hydroxylation sites is 2. The summed E-state index contributed by atoms with van der Waals surface area (Å²) in [4.78, 5) is 0. The lowest BCUT2D eigenvalue weighted by Crippen LogP contribution is -2.12. The highest BCUT2D eigenvalue weighted by molar-refractivity contribution is 6.35. The lowest BCUT2D eigenvalue weighted by molar-refractivity contribution is 0.942. The minimum atomic E-state index is -0.00262. The van der Waals surface area contributed by atoms with Crippen LogP contribution >= 0.6 is 23.2 Å². The Labute approximate surface area is 110 Å². The van der Waals surface area contributed by atoms with Crippen molar-refractivity contribution in [2.24, 2.45) is 0 Å². The van der Waals surface area contributed by atoms with Gasteiger partial charge in [-0.15, -0.1) is 0 Å². The van der Waals surface area contributed by atoms with Crippen LogP contribution in [-0.2, 0) is 0 Å².